The number of carbonyl (C=O) groups excluding carboxylic acids is 1. The Morgan fingerprint density at radius 2 is 1.78 bits per heavy atom. The molecule has 184 valence electrons. The van der Waals surface area contributed by atoms with Crippen molar-refractivity contribution >= 4 is 28.3 Å². The Balaban J connectivity index is 1.64. The fourth-order valence-corrected chi connectivity index (χ4v) is 4.24. The number of nitrogens with one attached hydrogen (secondary N) is 1. The van der Waals surface area contributed by atoms with Gasteiger partial charge >= 0.3 is 5.97 Å². The first kappa shape index (κ1) is 23.4. The lowest BCUT2D eigenvalue weighted by molar-refractivity contribution is 0.0526. The summed E-state index contributed by atoms with van der Waals surface area (Å²) in [7, 11) is 4.05. The van der Waals surface area contributed by atoms with E-state index in [0.29, 0.717) is 33.9 Å². The van der Waals surface area contributed by atoms with Crippen LogP contribution in [-0.4, -0.2) is 54.2 Å². The lowest BCUT2D eigenvalue weighted by Gasteiger charge is -2.11. The number of aliphatic imine (C=N–C) groups is 1. The minimum Gasteiger partial charge on any atom is -0.494 e. The van der Waals surface area contributed by atoms with Crippen molar-refractivity contribution in [1.82, 2.24) is 9.88 Å². The number of benzene rings is 3. The van der Waals surface area contributed by atoms with Gasteiger partial charge in [-0.2, -0.15) is 0 Å². The molecule has 1 aromatic heterocycles. The molecule has 0 fully saturated rings. The molecule has 0 atom stereocenters. The van der Waals surface area contributed by atoms with Crippen molar-refractivity contribution in [2.75, 3.05) is 27.5 Å². The number of carbonyl (C=O) groups is 1. The van der Waals surface area contributed by atoms with Gasteiger partial charge in [0.1, 0.15) is 0 Å². The van der Waals surface area contributed by atoms with E-state index in [9.17, 15) is 9.90 Å². The van der Waals surface area contributed by atoms with Crippen LogP contribution in [0.15, 0.2) is 65.7 Å². The lowest BCUT2D eigenvalue weighted by atomic mass is 9.99. The third-order valence-electron chi connectivity index (χ3n) is 5.85. The molecule has 0 aliphatic carbocycles. The highest BCUT2D eigenvalue weighted by atomic mass is 16.7. The molecule has 2 N–H and O–H groups in total. The third kappa shape index (κ3) is 4.63. The second-order valence-electron chi connectivity index (χ2n) is 8.76. The molecule has 0 radical (unpaired) electrons. The van der Waals surface area contributed by atoms with Crippen molar-refractivity contribution in [1.29, 1.82) is 0 Å². The molecule has 36 heavy (non-hydrogen) atoms. The highest BCUT2D eigenvalue weighted by Crippen LogP contribution is 2.37. The van der Waals surface area contributed by atoms with E-state index in [2.05, 4.69) is 9.88 Å². The number of hydrogen-bond acceptors (Lipinski definition) is 7. The fraction of sp³-hybridized carbons (Fsp3) is 0.214. The zero-order valence-electron chi connectivity index (χ0n) is 20.4. The Morgan fingerprint density at radius 1 is 1.03 bits per heavy atom. The van der Waals surface area contributed by atoms with E-state index in [0.717, 1.165) is 23.2 Å². The van der Waals surface area contributed by atoms with Crippen LogP contribution in [-0.2, 0) is 11.3 Å². The van der Waals surface area contributed by atoms with Gasteiger partial charge in [0.05, 0.1) is 29.1 Å². The van der Waals surface area contributed by atoms with E-state index in [1.807, 2.05) is 56.6 Å². The third-order valence-corrected chi connectivity index (χ3v) is 5.85. The minimum atomic E-state index is -0.419. The smallest absolute Gasteiger partial charge is 0.338 e. The second kappa shape index (κ2) is 9.75. The van der Waals surface area contributed by atoms with Gasteiger partial charge in [-0.25, -0.2) is 9.79 Å². The van der Waals surface area contributed by atoms with Crippen LogP contribution in [0, 0.1) is 0 Å². The molecule has 0 unspecified atom stereocenters. The molecule has 0 bridgehead atoms. The molecule has 8 nitrogen and oxygen atoms in total. The number of H-pyrrole nitrogens is 1. The highest BCUT2D eigenvalue weighted by Gasteiger charge is 2.22. The lowest BCUT2D eigenvalue weighted by Crippen LogP contribution is -2.10. The van der Waals surface area contributed by atoms with Gasteiger partial charge in [-0.15, -0.1) is 0 Å². The van der Waals surface area contributed by atoms with E-state index in [-0.39, 0.29) is 19.3 Å². The summed E-state index contributed by atoms with van der Waals surface area (Å²) in [6.45, 7) is 3.03. The van der Waals surface area contributed by atoms with Crippen LogP contribution < -0.4 is 9.47 Å². The molecule has 8 heteroatoms. The zero-order valence-corrected chi connectivity index (χ0v) is 20.4. The SMILES string of the molecule is CCOC(=O)c1ccc2c(C(=Nc3ccc(CN(C)C)cc3)c3ccc4c(c3)OCO4)c(O)[nH]c2c1. The Kier molecular flexibility index (Phi) is 6.35. The topological polar surface area (TPSA) is 96.4 Å². The van der Waals surface area contributed by atoms with Crippen LogP contribution in [0.5, 0.6) is 17.4 Å². The van der Waals surface area contributed by atoms with Crippen LogP contribution >= 0.6 is 0 Å². The van der Waals surface area contributed by atoms with Crippen molar-refractivity contribution in [3.63, 3.8) is 0 Å². The maximum atomic E-state index is 12.2. The fourth-order valence-electron chi connectivity index (χ4n) is 4.24. The van der Waals surface area contributed by atoms with E-state index >= 15 is 0 Å². The molecule has 0 saturated heterocycles. The number of aromatic nitrogens is 1. The van der Waals surface area contributed by atoms with Gasteiger partial charge in [0, 0.05) is 23.0 Å². The molecule has 0 saturated carbocycles. The second-order valence-corrected chi connectivity index (χ2v) is 8.76. The summed E-state index contributed by atoms with van der Waals surface area (Å²) >= 11 is 0. The number of aromatic hydroxyl groups is 1. The van der Waals surface area contributed by atoms with Gasteiger partial charge in [-0.1, -0.05) is 18.2 Å². The Labute approximate surface area is 208 Å². The number of esters is 1. The summed E-state index contributed by atoms with van der Waals surface area (Å²) in [5, 5.41) is 11.7. The predicted molar refractivity (Wildman–Crippen MR) is 138 cm³/mol. The minimum absolute atomic E-state index is 0.0494. The molecular weight excluding hydrogens is 458 g/mol. The molecule has 0 spiro atoms. The average Bonchev–Trinajstić information content (AvgIpc) is 3.46. The van der Waals surface area contributed by atoms with E-state index < -0.39 is 5.97 Å². The normalized spacial score (nSPS) is 12.9. The molecule has 5 rings (SSSR count). The van der Waals surface area contributed by atoms with E-state index in [1.165, 1.54) is 5.56 Å². The Bertz CT molecular complexity index is 1450. The van der Waals surface area contributed by atoms with Gasteiger partial charge in [-0.3, -0.25) is 0 Å². The van der Waals surface area contributed by atoms with Crippen LogP contribution in [0.3, 0.4) is 0 Å². The van der Waals surface area contributed by atoms with Crippen molar-refractivity contribution in [2.24, 2.45) is 4.99 Å². The van der Waals surface area contributed by atoms with Crippen molar-refractivity contribution < 1.29 is 24.1 Å². The molecule has 4 aromatic rings. The van der Waals surface area contributed by atoms with E-state index in [4.69, 9.17) is 19.2 Å². The van der Waals surface area contributed by atoms with E-state index in [1.54, 1.807) is 25.1 Å². The van der Waals surface area contributed by atoms with Crippen LogP contribution in [0.25, 0.3) is 10.9 Å². The summed E-state index contributed by atoms with van der Waals surface area (Å²) in [6, 6.07) is 18.7. The van der Waals surface area contributed by atoms with Crippen molar-refractivity contribution in [2.45, 2.75) is 13.5 Å². The van der Waals surface area contributed by atoms with Crippen molar-refractivity contribution in [3.05, 3.63) is 82.9 Å². The standard InChI is InChI=1S/C28H27N3O5/c1-4-34-28(33)19-7-11-21-22(13-19)30-27(32)25(21)26(18-8-12-23-24(14-18)36-16-35-23)29-20-9-5-17(6-10-20)15-31(2)3/h5-14,30,32H,4,15-16H2,1-3H3. The zero-order chi connectivity index (χ0) is 25.2. The van der Waals surface area contributed by atoms with Gasteiger partial charge in [0.15, 0.2) is 17.4 Å². The van der Waals surface area contributed by atoms with Crippen molar-refractivity contribution in [3.8, 4) is 17.4 Å². The number of ether oxygens (including phenoxy) is 3. The van der Waals surface area contributed by atoms with Gasteiger partial charge in [0.25, 0.3) is 0 Å². The first-order valence-electron chi connectivity index (χ1n) is 11.7. The van der Waals surface area contributed by atoms with Crippen LogP contribution in [0.1, 0.15) is 34.0 Å². The molecule has 1 aliphatic heterocycles. The summed E-state index contributed by atoms with van der Waals surface area (Å²) in [4.78, 5) is 22.3. The Hall–Kier alpha value is -4.30. The molecule has 1 aliphatic rings. The number of fused-ring (bicyclic) bond motifs is 2. The predicted octanol–water partition coefficient (Wildman–Crippen LogP) is 5.01. The summed E-state index contributed by atoms with van der Waals surface area (Å²) in [5.41, 5.74) is 4.74. The molecular formula is C28H27N3O5. The quantitative estimate of drug-likeness (QED) is 0.282. The van der Waals surface area contributed by atoms with Gasteiger partial charge in [0.2, 0.25) is 6.79 Å². The highest BCUT2D eigenvalue weighted by molar-refractivity contribution is 6.22. The number of hydrogen-bond donors (Lipinski definition) is 2. The summed E-state index contributed by atoms with van der Waals surface area (Å²) in [6.07, 6.45) is 0. The largest absolute Gasteiger partial charge is 0.494 e. The maximum Gasteiger partial charge on any atom is 0.338 e. The first-order valence-corrected chi connectivity index (χ1v) is 11.7. The maximum absolute atomic E-state index is 12.2. The monoisotopic (exact) mass is 485 g/mol. The number of nitrogens with zero attached hydrogens (tertiary/aromatic N) is 2. The number of aromatic amines is 1. The average molecular weight is 486 g/mol. The summed E-state index contributed by atoms with van der Waals surface area (Å²) < 4.78 is 16.2. The summed E-state index contributed by atoms with van der Waals surface area (Å²) in [5.74, 6) is 0.808. The number of rotatable bonds is 7. The first-order chi connectivity index (χ1) is 17.4. The molecule has 0 amide bonds. The van der Waals surface area contributed by atoms with Gasteiger partial charge in [-0.05, 0) is 69.0 Å². The van der Waals surface area contributed by atoms with Crippen LogP contribution in [0.4, 0.5) is 5.69 Å². The molecule has 3 aromatic carbocycles. The van der Waals surface area contributed by atoms with Gasteiger partial charge < -0.3 is 29.2 Å². The molecule has 2 heterocycles. The Morgan fingerprint density at radius 3 is 2.53 bits per heavy atom. The van der Waals surface area contributed by atoms with Crippen LogP contribution in [0.2, 0.25) is 0 Å².